The molecule has 43 heavy (non-hydrogen) atoms. The molecule has 2 bridgehead atoms. The lowest BCUT2D eigenvalue weighted by molar-refractivity contribution is -0.00308. The SMILES string of the molecule is C#C[C@@]1(O)/C=C/C[C@H](C)[C@@H](C)S(=O)(=O)NC(=O)c2ccc3c(c2)N(C[C@@H]2CC[C@H]21)C[C@@]1(CCCc2cc(Cl)ccc21)CO3. The van der Waals surface area contributed by atoms with E-state index in [0.717, 1.165) is 37.8 Å². The predicted octanol–water partition coefficient (Wildman–Crippen LogP) is 5.25. The number of aryl methyl sites for hydroxylation is 1. The Hall–Kier alpha value is -2.99. The maximum absolute atomic E-state index is 13.4. The van der Waals surface area contributed by atoms with Gasteiger partial charge >= 0.3 is 0 Å². The standard InChI is InChI=1S/C34H39ClN2O5S/c1-4-34(39)16-5-7-22(2)23(3)43(40,41)36-32(38)25-10-14-31-30(18-25)37(19-26-9-12-29(26)34)20-33(21-42-31)15-6-8-24-17-27(35)11-13-28(24)33/h1,5,10-11,13-14,16-18,22-23,26,29,39H,6-9,12,15,19-21H2,2-3H3,(H,36,38)/b16-5+/t22-,23+,26-,29+,33-,34+/m0/s1. The van der Waals surface area contributed by atoms with E-state index in [1.807, 2.05) is 13.0 Å². The molecule has 0 saturated heterocycles. The van der Waals surface area contributed by atoms with Gasteiger partial charge in [-0.3, -0.25) is 4.79 Å². The Morgan fingerprint density at radius 2 is 2.00 bits per heavy atom. The van der Waals surface area contributed by atoms with Crippen molar-refractivity contribution < 1.29 is 23.1 Å². The molecule has 0 radical (unpaired) electrons. The van der Waals surface area contributed by atoms with Crippen molar-refractivity contribution in [2.75, 3.05) is 24.6 Å². The number of sulfonamides is 1. The minimum absolute atomic E-state index is 0.115. The second kappa shape index (κ2) is 11.2. The van der Waals surface area contributed by atoms with Crippen LogP contribution in [0.2, 0.25) is 5.02 Å². The number of carbonyl (C=O) groups is 1. The van der Waals surface area contributed by atoms with Crippen molar-refractivity contribution in [1.29, 1.82) is 0 Å². The van der Waals surface area contributed by atoms with E-state index >= 15 is 0 Å². The quantitative estimate of drug-likeness (QED) is 0.308. The number of carbonyl (C=O) groups excluding carboxylic acids is 1. The van der Waals surface area contributed by atoms with Crippen molar-refractivity contribution in [2.24, 2.45) is 17.8 Å². The van der Waals surface area contributed by atoms with Crippen LogP contribution in [-0.2, 0) is 21.9 Å². The molecule has 1 fully saturated rings. The number of rotatable bonds is 0. The lowest BCUT2D eigenvalue weighted by Crippen LogP contribution is -2.52. The first-order valence-electron chi connectivity index (χ1n) is 15.2. The molecule has 0 aromatic heterocycles. The summed E-state index contributed by atoms with van der Waals surface area (Å²) in [4.78, 5) is 15.6. The van der Waals surface area contributed by atoms with E-state index in [0.29, 0.717) is 36.9 Å². The first kappa shape index (κ1) is 30.1. The minimum Gasteiger partial charge on any atom is -0.490 e. The first-order valence-corrected chi connectivity index (χ1v) is 17.1. The van der Waals surface area contributed by atoms with Gasteiger partial charge in [0.25, 0.3) is 5.91 Å². The van der Waals surface area contributed by atoms with Crippen LogP contribution < -0.4 is 14.4 Å². The summed E-state index contributed by atoms with van der Waals surface area (Å²) in [6.07, 6.45) is 14.4. The van der Waals surface area contributed by atoms with Crippen LogP contribution in [0.5, 0.6) is 5.75 Å². The van der Waals surface area contributed by atoms with Crippen molar-refractivity contribution in [3.8, 4) is 18.1 Å². The molecule has 2 aromatic carbocycles. The summed E-state index contributed by atoms with van der Waals surface area (Å²) in [6.45, 7) is 5.12. The number of hydrogen-bond donors (Lipinski definition) is 2. The van der Waals surface area contributed by atoms with Crippen LogP contribution in [0.1, 0.15) is 67.4 Å². The highest BCUT2D eigenvalue weighted by atomic mass is 35.5. The number of nitrogens with zero attached hydrogens (tertiary/aromatic N) is 1. The molecule has 2 aromatic rings. The summed E-state index contributed by atoms with van der Waals surface area (Å²) in [5.74, 6) is 2.29. The molecule has 2 N–H and O–H groups in total. The molecule has 2 aliphatic heterocycles. The second-order valence-electron chi connectivity index (χ2n) is 13.0. The Bertz CT molecular complexity index is 1620. The van der Waals surface area contributed by atoms with E-state index in [2.05, 4.69) is 27.7 Å². The third-order valence-electron chi connectivity index (χ3n) is 10.4. The number of allylic oxidation sites excluding steroid dienone is 1. The normalized spacial score (nSPS) is 34.3. The van der Waals surface area contributed by atoms with Crippen LogP contribution in [-0.4, -0.2) is 50.0 Å². The fourth-order valence-electron chi connectivity index (χ4n) is 7.42. The molecule has 9 heteroatoms. The van der Waals surface area contributed by atoms with Gasteiger partial charge in [-0.25, -0.2) is 13.1 Å². The van der Waals surface area contributed by atoms with Gasteiger partial charge in [0.1, 0.15) is 11.4 Å². The zero-order valence-corrected chi connectivity index (χ0v) is 26.3. The Morgan fingerprint density at radius 1 is 1.19 bits per heavy atom. The molecule has 7 nitrogen and oxygen atoms in total. The highest BCUT2D eigenvalue weighted by Gasteiger charge is 2.47. The number of anilines is 1. The highest BCUT2D eigenvalue weighted by Crippen LogP contribution is 2.48. The van der Waals surface area contributed by atoms with E-state index in [1.54, 1.807) is 37.3 Å². The van der Waals surface area contributed by atoms with E-state index in [4.69, 9.17) is 22.8 Å². The van der Waals surface area contributed by atoms with Crippen LogP contribution in [0.15, 0.2) is 48.6 Å². The molecule has 6 rings (SSSR count). The van der Waals surface area contributed by atoms with E-state index in [1.165, 1.54) is 11.1 Å². The van der Waals surface area contributed by atoms with Crippen LogP contribution in [0, 0.1) is 30.1 Å². The molecule has 228 valence electrons. The summed E-state index contributed by atoms with van der Waals surface area (Å²) in [7, 11) is -3.97. The third kappa shape index (κ3) is 5.45. The molecule has 1 saturated carbocycles. The predicted molar refractivity (Wildman–Crippen MR) is 169 cm³/mol. The summed E-state index contributed by atoms with van der Waals surface area (Å²) in [6, 6.07) is 11.2. The smallest absolute Gasteiger partial charge is 0.264 e. The minimum atomic E-state index is -3.97. The summed E-state index contributed by atoms with van der Waals surface area (Å²) < 4.78 is 35.2. The third-order valence-corrected chi connectivity index (χ3v) is 12.5. The van der Waals surface area contributed by atoms with Gasteiger partial charge < -0.3 is 14.7 Å². The molecular weight excluding hydrogens is 584 g/mol. The number of halogens is 1. The van der Waals surface area contributed by atoms with Crippen molar-refractivity contribution in [3.63, 3.8) is 0 Å². The largest absolute Gasteiger partial charge is 0.490 e. The molecule has 6 atom stereocenters. The van der Waals surface area contributed by atoms with Crippen LogP contribution in [0.3, 0.4) is 0 Å². The Labute approximate surface area is 259 Å². The zero-order chi connectivity index (χ0) is 30.6. The van der Waals surface area contributed by atoms with E-state index in [9.17, 15) is 18.3 Å². The average Bonchev–Trinajstić information content (AvgIpc) is 3.11. The fourth-order valence-corrected chi connectivity index (χ4v) is 8.90. The second-order valence-corrected chi connectivity index (χ2v) is 15.5. The monoisotopic (exact) mass is 622 g/mol. The number of nitrogens with one attached hydrogen (secondary N) is 1. The van der Waals surface area contributed by atoms with Gasteiger partial charge in [0.05, 0.1) is 17.5 Å². The van der Waals surface area contributed by atoms with Gasteiger partial charge in [0.2, 0.25) is 10.0 Å². The highest BCUT2D eigenvalue weighted by molar-refractivity contribution is 7.90. The zero-order valence-electron chi connectivity index (χ0n) is 24.7. The number of terminal acetylenes is 1. The number of amides is 1. The molecular formula is C34H39ClN2O5S. The van der Waals surface area contributed by atoms with Crippen molar-refractivity contribution in [3.05, 3.63) is 70.3 Å². The number of benzene rings is 2. The van der Waals surface area contributed by atoms with Crippen molar-refractivity contribution in [1.82, 2.24) is 4.72 Å². The van der Waals surface area contributed by atoms with Crippen LogP contribution in [0.4, 0.5) is 5.69 Å². The average molecular weight is 623 g/mol. The van der Waals surface area contributed by atoms with Gasteiger partial charge in [0, 0.05) is 35.0 Å². The topological polar surface area (TPSA) is 95.9 Å². The number of hydrogen-bond acceptors (Lipinski definition) is 6. The Balaban J connectivity index is 1.45. The molecule has 1 spiro atoms. The maximum atomic E-state index is 13.4. The molecule has 2 aliphatic carbocycles. The summed E-state index contributed by atoms with van der Waals surface area (Å²) >= 11 is 6.39. The lowest BCUT2D eigenvalue weighted by Gasteiger charge is -2.47. The fraction of sp³-hybridized carbons (Fsp3) is 0.500. The number of fused-ring (bicyclic) bond motifs is 4. The van der Waals surface area contributed by atoms with Gasteiger partial charge in [-0.15, -0.1) is 6.42 Å². The first-order chi connectivity index (χ1) is 20.4. The molecule has 4 aliphatic rings. The van der Waals surface area contributed by atoms with Gasteiger partial charge in [-0.05, 0) is 105 Å². The van der Waals surface area contributed by atoms with Crippen molar-refractivity contribution >= 4 is 33.2 Å². The number of ether oxygens (including phenoxy) is 1. The van der Waals surface area contributed by atoms with Crippen molar-refractivity contribution in [2.45, 2.75) is 68.6 Å². The Kier molecular flexibility index (Phi) is 7.81. The molecule has 1 amide bonds. The van der Waals surface area contributed by atoms with Gasteiger partial charge in [0.15, 0.2) is 0 Å². The Morgan fingerprint density at radius 3 is 2.74 bits per heavy atom. The van der Waals surface area contributed by atoms with Gasteiger partial charge in [-0.1, -0.05) is 36.6 Å². The lowest BCUT2D eigenvalue weighted by atomic mass is 9.64. The van der Waals surface area contributed by atoms with Crippen LogP contribution in [0.25, 0.3) is 0 Å². The number of aliphatic hydroxyl groups is 1. The summed E-state index contributed by atoms with van der Waals surface area (Å²) in [5.41, 5.74) is 1.70. The van der Waals surface area contributed by atoms with Gasteiger partial charge in [-0.2, -0.15) is 0 Å². The maximum Gasteiger partial charge on any atom is 0.264 e. The van der Waals surface area contributed by atoms with E-state index in [-0.39, 0.29) is 28.7 Å². The molecule has 2 heterocycles. The molecule has 0 unspecified atom stereocenters. The summed E-state index contributed by atoms with van der Waals surface area (Å²) in [5, 5.41) is 11.5. The van der Waals surface area contributed by atoms with Crippen LogP contribution >= 0.6 is 11.6 Å². The van der Waals surface area contributed by atoms with E-state index < -0.39 is 26.8 Å².